The van der Waals surface area contributed by atoms with E-state index in [2.05, 4.69) is 18.7 Å². The number of halogens is 1. The summed E-state index contributed by atoms with van der Waals surface area (Å²) in [5.74, 6) is 0.569. The van der Waals surface area contributed by atoms with Crippen molar-refractivity contribution >= 4 is 18.3 Å². The predicted octanol–water partition coefficient (Wildman–Crippen LogP) is 2.33. The van der Waals surface area contributed by atoms with Crippen LogP contribution in [0.2, 0.25) is 0 Å². The van der Waals surface area contributed by atoms with E-state index in [1.54, 1.807) is 0 Å². The summed E-state index contributed by atoms with van der Waals surface area (Å²) in [6.07, 6.45) is 6.47. The lowest BCUT2D eigenvalue weighted by molar-refractivity contribution is -0.139. The molecule has 100 valence electrons. The van der Waals surface area contributed by atoms with Gasteiger partial charge >= 0.3 is 0 Å². The Morgan fingerprint density at radius 3 is 2.24 bits per heavy atom. The van der Waals surface area contributed by atoms with Crippen LogP contribution in [0.5, 0.6) is 0 Å². The average molecular weight is 261 g/mol. The second kappa shape index (κ2) is 6.05. The van der Waals surface area contributed by atoms with Gasteiger partial charge in [-0.25, -0.2) is 0 Å². The van der Waals surface area contributed by atoms with Crippen molar-refractivity contribution in [1.82, 2.24) is 4.90 Å². The molecule has 2 rings (SSSR count). The third-order valence-corrected chi connectivity index (χ3v) is 4.27. The zero-order valence-electron chi connectivity index (χ0n) is 10.9. The normalized spacial score (nSPS) is 37.7. The Hall–Kier alpha value is -0.280. The van der Waals surface area contributed by atoms with Gasteiger partial charge in [0.05, 0.1) is 0 Å². The van der Waals surface area contributed by atoms with Gasteiger partial charge < -0.3 is 10.6 Å². The number of hydrogen-bond donors (Lipinski definition) is 1. The molecule has 1 amide bonds. The summed E-state index contributed by atoms with van der Waals surface area (Å²) in [5.41, 5.74) is 5.96. The van der Waals surface area contributed by atoms with Crippen LogP contribution in [0.1, 0.15) is 52.4 Å². The molecule has 0 spiro atoms. The Kier molecular flexibility index (Phi) is 5.26. The fourth-order valence-corrected chi connectivity index (χ4v) is 3.29. The average Bonchev–Trinajstić information content (AvgIpc) is 2.58. The Labute approximate surface area is 111 Å². The van der Waals surface area contributed by atoms with Gasteiger partial charge in [-0.3, -0.25) is 4.79 Å². The Balaban J connectivity index is 0.00000144. The first kappa shape index (κ1) is 14.8. The molecule has 0 aromatic carbocycles. The number of carbonyl (C=O) groups is 1. The summed E-state index contributed by atoms with van der Waals surface area (Å²) in [7, 11) is 0. The lowest BCUT2D eigenvalue weighted by Gasteiger charge is -2.33. The number of nitrogens with two attached hydrogens (primary N) is 1. The van der Waals surface area contributed by atoms with E-state index in [4.69, 9.17) is 5.73 Å². The molecule has 0 aromatic rings. The van der Waals surface area contributed by atoms with Crippen molar-refractivity contribution in [2.45, 2.75) is 70.5 Å². The molecule has 1 aliphatic heterocycles. The van der Waals surface area contributed by atoms with Gasteiger partial charge in [-0.1, -0.05) is 6.42 Å². The maximum absolute atomic E-state index is 12.4. The molecule has 0 aromatic heterocycles. The molecule has 2 N–H and O–H groups in total. The summed E-state index contributed by atoms with van der Waals surface area (Å²) in [4.78, 5) is 14.6. The molecule has 1 heterocycles. The highest BCUT2D eigenvalue weighted by Gasteiger charge is 2.36. The molecule has 3 nitrogen and oxygen atoms in total. The number of hydrogen-bond acceptors (Lipinski definition) is 2. The van der Waals surface area contributed by atoms with Crippen LogP contribution < -0.4 is 5.73 Å². The summed E-state index contributed by atoms with van der Waals surface area (Å²) >= 11 is 0. The number of amides is 1. The standard InChI is InChI=1S/C13H24N2O.ClH/c1-9-6-7-10(2)15(9)13(16)11-4-3-5-12(14)8-11;/h9-12H,3-8,14H2,1-2H3;1H. The SMILES string of the molecule is CC1CCC(C)N1C(=O)C1CCCC(N)C1.Cl. The molecule has 4 heteroatoms. The predicted molar refractivity (Wildman–Crippen MR) is 72.2 cm³/mol. The molecular weight excluding hydrogens is 236 g/mol. The minimum absolute atomic E-state index is 0. The van der Waals surface area contributed by atoms with Gasteiger partial charge in [0, 0.05) is 24.0 Å². The van der Waals surface area contributed by atoms with Crippen molar-refractivity contribution in [1.29, 1.82) is 0 Å². The Morgan fingerprint density at radius 2 is 1.71 bits per heavy atom. The lowest BCUT2D eigenvalue weighted by atomic mass is 9.85. The minimum atomic E-state index is 0. The van der Waals surface area contributed by atoms with Crippen molar-refractivity contribution in [2.75, 3.05) is 0 Å². The number of nitrogens with zero attached hydrogens (tertiary/aromatic N) is 1. The molecule has 4 atom stereocenters. The first-order chi connectivity index (χ1) is 7.59. The zero-order chi connectivity index (χ0) is 11.7. The molecule has 0 radical (unpaired) electrons. The van der Waals surface area contributed by atoms with E-state index >= 15 is 0 Å². The largest absolute Gasteiger partial charge is 0.337 e. The molecule has 0 bridgehead atoms. The van der Waals surface area contributed by atoms with E-state index in [0.717, 1.165) is 38.5 Å². The molecule has 1 aliphatic carbocycles. The summed E-state index contributed by atoms with van der Waals surface area (Å²) in [6, 6.07) is 1.11. The number of carbonyl (C=O) groups excluding carboxylic acids is 1. The highest BCUT2D eigenvalue weighted by Crippen LogP contribution is 2.30. The van der Waals surface area contributed by atoms with E-state index in [1.807, 2.05) is 0 Å². The Bertz CT molecular complexity index is 262. The number of rotatable bonds is 1. The molecule has 4 unspecified atom stereocenters. The van der Waals surface area contributed by atoms with E-state index in [9.17, 15) is 4.79 Å². The van der Waals surface area contributed by atoms with Crippen molar-refractivity contribution < 1.29 is 4.79 Å². The van der Waals surface area contributed by atoms with Gasteiger partial charge in [-0.05, 0) is 46.0 Å². The van der Waals surface area contributed by atoms with Gasteiger partial charge in [0.1, 0.15) is 0 Å². The monoisotopic (exact) mass is 260 g/mol. The van der Waals surface area contributed by atoms with Crippen molar-refractivity contribution in [3.8, 4) is 0 Å². The summed E-state index contributed by atoms with van der Waals surface area (Å²) < 4.78 is 0. The van der Waals surface area contributed by atoms with Crippen LogP contribution >= 0.6 is 12.4 Å². The highest BCUT2D eigenvalue weighted by atomic mass is 35.5. The van der Waals surface area contributed by atoms with Gasteiger partial charge in [0.15, 0.2) is 0 Å². The fourth-order valence-electron chi connectivity index (χ4n) is 3.29. The fraction of sp³-hybridized carbons (Fsp3) is 0.923. The summed E-state index contributed by atoms with van der Waals surface area (Å²) in [6.45, 7) is 4.34. The van der Waals surface area contributed by atoms with Gasteiger partial charge in [-0.15, -0.1) is 12.4 Å². The van der Waals surface area contributed by atoms with E-state index in [1.165, 1.54) is 0 Å². The van der Waals surface area contributed by atoms with Crippen LogP contribution in [0.15, 0.2) is 0 Å². The molecule has 1 saturated heterocycles. The summed E-state index contributed by atoms with van der Waals surface area (Å²) in [5, 5.41) is 0. The first-order valence-electron chi connectivity index (χ1n) is 6.67. The van der Waals surface area contributed by atoms with Gasteiger partial charge in [-0.2, -0.15) is 0 Å². The highest BCUT2D eigenvalue weighted by molar-refractivity contribution is 5.85. The third-order valence-electron chi connectivity index (χ3n) is 4.27. The van der Waals surface area contributed by atoms with Crippen molar-refractivity contribution in [2.24, 2.45) is 11.7 Å². The zero-order valence-corrected chi connectivity index (χ0v) is 11.7. The quantitative estimate of drug-likeness (QED) is 0.787. The molecule has 2 aliphatic rings. The van der Waals surface area contributed by atoms with E-state index < -0.39 is 0 Å². The van der Waals surface area contributed by atoms with Gasteiger partial charge in [0.2, 0.25) is 5.91 Å². The van der Waals surface area contributed by atoms with Gasteiger partial charge in [0.25, 0.3) is 0 Å². The molecule has 1 saturated carbocycles. The van der Waals surface area contributed by atoms with Crippen LogP contribution in [-0.2, 0) is 4.79 Å². The lowest BCUT2D eigenvalue weighted by Crippen LogP contribution is -2.44. The van der Waals surface area contributed by atoms with Crippen LogP contribution in [0, 0.1) is 5.92 Å². The smallest absolute Gasteiger partial charge is 0.226 e. The minimum Gasteiger partial charge on any atom is -0.337 e. The van der Waals surface area contributed by atoms with Crippen LogP contribution in [0.3, 0.4) is 0 Å². The molecule has 2 fully saturated rings. The van der Waals surface area contributed by atoms with E-state index in [-0.39, 0.29) is 24.4 Å². The van der Waals surface area contributed by atoms with Crippen molar-refractivity contribution in [3.63, 3.8) is 0 Å². The van der Waals surface area contributed by atoms with E-state index in [0.29, 0.717) is 18.0 Å². The topological polar surface area (TPSA) is 46.3 Å². The third kappa shape index (κ3) is 3.14. The van der Waals surface area contributed by atoms with Crippen molar-refractivity contribution in [3.05, 3.63) is 0 Å². The van der Waals surface area contributed by atoms with Crippen LogP contribution in [0.4, 0.5) is 0 Å². The number of likely N-dealkylation sites (tertiary alicyclic amines) is 1. The first-order valence-corrected chi connectivity index (χ1v) is 6.67. The molecule has 17 heavy (non-hydrogen) atoms. The Morgan fingerprint density at radius 1 is 1.12 bits per heavy atom. The van der Waals surface area contributed by atoms with Crippen LogP contribution in [0.25, 0.3) is 0 Å². The maximum Gasteiger partial charge on any atom is 0.226 e. The second-order valence-corrected chi connectivity index (χ2v) is 5.64. The molecular formula is C13H25ClN2O. The maximum atomic E-state index is 12.4. The second-order valence-electron chi connectivity index (χ2n) is 5.64. The van der Waals surface area contributed by atoms with Crippen LogP contribution in [-0.4, -0.2) is 28.9 Å².